The first kappa shape index (κ1) is 22.7. The minimum absolute atomic E-state index is 0.0392. The Morgan fingerprint density at radius 2 is 1.89 bits per heavy atom. The van der Waals surface area contributed by atoms with E-state index in [4.69, 9.17) is 4.74 Å². The summed E-state index contributed by atoms with van der Waals surface area (Å²) in [5.74, 6) is 0.490. The molecule has 0 bridgehead atoms. The average molecular weight is 411 g/mol. The Labute approximate surface area is 169 Å². The van der Waals surface area contributed by atoms with Crippen LogP contribution in [0.2, 0.25) is 0 Å². The van der Waals surface area contributed by atoms with E-state index in [1.807, 2.05) is 26.8 Å². The number of piperidine rings is 1. The van der Waals surface area contributed by atoms with Crippen LogP contribution >= 0.6 is 0 Å². The number of nitrogens with zero attached hydrogens (tertiary/aromatic N) is 1. The Balaban J connectivity index is 2.11. The second-order valence-electron chi connectivity index (χ2n) is 7.94. The van der Waals surface area contributed by atoms with Crippen molar-refractivity contribution in [2.75, 3.05) is 20.2 Å². The molecule has 0 spiro atoms. The molecule has 1 saturated heterocycles. The standard InChI is InChI=1S/C21H34N2O4S/c1-6-7-16(4)22-21(24)17-10-12-23(13-11-17)28(25,26)20-14-18(15(2)3)8-9-19(20)27-5/h8-9,14-17H,6-7,10-13H2,1-5H3,(H,22,24)/t16-/m1/s1. The largest absolute Gasteiger partial charge is 0.495 e. The van der Waals surface area contributed by atoms with E-state index in [-0.39, 0.29) is 28.7 Å². The van der Waals surface area contributed by atoms with Gasteiger partial charge in [0.25, 0.3) is 0 Å². The van der Waals surface area contributed by atoms with Crippen molar-refractivity contribution in [2.24, 2.45) is 5.92 Å². The van der Waals surface area contributed by atoms with Gasteiger partial charge in [0.2, 0.25) is 15.9 Å². The van der Waals surface area contributed by atoms with Crippen LogP contribution in [0.5, 0.6) is 5.75 Å². The summed E-state index contributed by atoms with van der Waals surface area (Å²) in [7, 11) is -2.18. The van der Waals surface area contributed by atoms with Crippen LogP contribution in [-0.4, -0.2) is 44.9 Å². The topological polar surface area (TPSA) is 75.7 Å². The molecule has 0 aromatic heterocycles. The highest BCUT2D eigenvalue weighted by Gasteiger charge is 2.34. The first-order valence-corrected chi connectivity index (χ1v) is 11.6. The summed E-state index contributed by atoms with van der Waals surface area (Å²) >= 11 is 0. The summed E-state index contributed by atoms with van der Waals surface area (Å²) in [5, 5.41) is 3.05. The quantitative estimate of drug-likeness (QED) is 0.711. The molecule has 2 rings (SSSR count). The number of carbonyl (C=O) groups is 1. The molecule has 1 aromatic rings. The molecule has 7 heteroatoms. The minimum Gasteiger partial charge on any atom is -0.495 e. The van der Waals surface area contributed by atoms with Crippen molar-refractivity contribution in [2.45, 2.75) is 70.2 Å². The molecular formula is C21H34N2O4S. The number of ether oxygens (including phenoxy) is 1. The molecule has 28 heavy (non-hydrogen) atoms. The number of hydrogen-bond acceptors (Lipinski definition) is 4. The summed E-state index contributed by atoms with van der Waals surface area (Å²) in [4.78, 5) is 12.6. The highest BCUT2D eigenvalue weighted by Crippen LogP contribution is 2.32. The first-order valence-electron chi connectivity index (χ1n) is 10.2. The molecule has 0 radical (unpaired) electrons. The highest BCUT2D eigenvalue weighted by atomic mass is 32.2. The van der Waals surface area contributed by atoms with Gasteiger partial charge in [-0.05, 0) is 49.8 Å². The zero-order valence-electron chi connectivity index (χ0n) is 17.7. The third kappa shape index (κ3) is 5.26. The number of hydrogen-bond donors (Lipinski definition) is 1. The molecule has 1 atom stereocenters. The summed E-state index contributed by atoms with van der Waals surface area (Å²) in [6.45, 7) is 8.85. The Morgan fingerprint density at radius 1 is 1.25 bits per heavy atom. The van der Waals surface area contributed by atoms with Gasteiger partial charge in [0.1, 0.15) is 10.6 Å². The number of amides is 1. The Bertz CT molecular complexity index is 769. The monoisotopic (exact) mass is 410 g/mol. The van der Waals surface area contributed by atoms with Gasteiger partial charge in [-0.25, -0.2) is 8.42 Å². The molecule has 6 nitrogen and oxygen atoms in total. The molecule has 1 heterocycles. The van der Waals surface area contributed by atoms with Crippen molar-refractivity contribution in [3.8, 4) is 5.75 Å². The van der Waals surface area contributed by atoms with Gasteiger partial charge in [0.15, 0.2) is 0 Å². The zero-order valence-corrected chi connectivity index (χ0v) is 18.5. The Morgan fingerprint density at radius 3 is 2.43 bits per heavy atom. The Kier molecular flexibility index (Phi) is 7.89. The number of benzene rings is 1. The van der Waals surface area contributed by atoms with Crippen LogP contribution in [0.1, 0.15) is 64.9 Å². The maximum absolute atomic E-state index is 13.2. The number of methoxy groups -OCH3 is 1. The molecule has 1 aliphatic heterocycles. The van der Waals surface area contributed by atoms with Gasteiger partial charge in [-0.2, -0.15) is 4.31 Å². The van der Waals surface area contributed by atoms with Crippen LogP contribution in [0.25, 0.3) is 0 Å². The summed E-state index contributed by atoms with van der Waals surface area (Å²) < 4.78 is 33.2. The molecule has 1 N–H and O–H groups in total. The number of sulfonamides is 1. The molecule has 1 fully saturated rings. The van der Waals surface area contributed by atoms with Gasteiger partial charge in [0.05, 0.1) is 7.11 Å². The fourth-order valence-corrected chi connectivity index (χ4v) is 5.28. The molecule has 0 aliphatic carbocycles. The van der Waals surface area contributed by atoms with Gasteiger partial charge >= 0.3 is 0 Å². The van der Waals surface area contributed by atoms with Crippen molar-refractivity contribution in [3.63, 3.8) is 0 Å². The molecule has 1 amide bonds. The second kappa shape index (κ2) is 9.74. The van der Waals surface area contributed by atoms with Crippen LogP contribution in [0, 0.1) is 5.92 Å². The molecule has 0 unspecified atom stereocenters. The molecule has 1 aromatic carbocycles. The van der Waals surface area contributed by atoms with E-state index in [2.05, 4.69) is 12.2 Å². The maximum Gasteiger partial charge on any atom is 0.246 e. The van der Waals surface area contributed by atoms with Crippen molar-refractivity contribution < 1.29 is 17.9 Å². The van der Waals surface area contributed by atoms with Crippen LogP contribution in [0.3, 0.4) is 0 Å². The molecule has 1 aliphatic rings. The van der Waals surface area contributed by atoms with E-state index in [9.17, 15) is 13.2 Å². The molecular weight excluding hydrogens is 376 g/mol. The number of carbonyl (C=O) groups excluding carboxylic acids is 1. The van der Waals surface area contributed by atoms with Crippen molar-refractivity contribution in [1.29, 1.82) is 0 Å². The summed E-state index contributed by atoms with van der Waals surface area (Å²) in [6.07, 6.45) is 3.05. The van der Waals surface area contributed by atoms with Crippen LogP contribution in [0.15, 0.2) is 23.1 Å². The lowest BCUT2D eigenvalue weighted by Gasteiger charge is -2.31. The van der Waals surface area contributed by atoms with Crippen molar-refractivity contribution in [1.82, 2.24) is 9.62 Å². The fraction of sp³-hybridized carbons (Fsp3) is 0.667. The summed E-state index contributed by atoms with van der Waals surface area (Å²) in [5.41, 5.74) is 0.957. The average Bonchev–Trinajstić information content (AvgIpc) is 2.67. The number of nitrogens with one attached hydrogen (secondary N) is 1. The number of rotatable bonds is 8. The van der Waals surface area contributed by atoms with Gasteiger partial charge in [0, 0.05) is 25.0 Å². The van der Waals surface area contributed by atoms with Gasteiger partial charge in [-0.15, -0.1) is 0 Å². The van der Waals surface area contributed by atoms with Crippen LogP contribution < -0.4 is 10.1 Å². The van der Waals surface area contributed by atoms with E-state index in [1.54, 1.807) is 12.1 Å². The van der Waals surface area contributed by atoms with Gasteiger partial charge in [-0.1, -0.05) is 33.3 Å². The van der Waals surface area contributed by atoms with E-state index < -0.39 is 10.0 Å². The predicted octanol–water partition coefficient (Wildman–Crippen LogP) is 3.52. The van der Waals surface area contributed by atoms with Crippen LogP contribution in [-0.2, 0) is 14.8 Å². The first-order chi connectivity index (χ1) is 13.2. The van der Waals surface area contributed by atoms with Crippen molar-refractivity contribution >= 4 is 15.9 Å². The second-order valence-corrected chi connectivity index (χ2v) is 9.85. The van der Waals surface area contributed by atoms with Gasteiger partial charge in [-0.3, -0.25) is 4.79 Å². The van der Waals surface area contributed by atoms with E-state index >= 15 is 0 Å². The van der Waals surface area contributed by atoms with E-state index in [1.165, 1.54) is 11.4 Å². The zero-order chi connectivity index (χ0) is 20.9. The van der Waals surface area contributed by atoms with Crippen molar-refractivity contribution in [3.05, 3.63) is 23.8 Å². The Hall–Kier alpha value is -1.60. The lowest BCUT2D eigenvalue weighted by molar-refractivity contribution is -0.126. The SMILES string of the molecule is CCC[C@@H](C)NC(=O)C1CCN(S(=O)(=O)c2cc(C(C)C)ccc2OC)CC1. The molecule has 0 saturated carbocycles. The minimum atomic E-state index is -3.66. The third-order valence-electron chi connectivity index (χ3n) is 5.41. The highest BCUT2D eigenvalue weighted by molar-refractivity contribution is 7.89. The lowest BCUT2D eigenvalue weighted by Crippen LogP contribution is -2.44. The van der Waals surface area contributed by atoms with Gasteiger partial charge < -0.3 is 10.1 Å². The molecule has 158 valence electrons. The van der Waals surface area contributed by atoms with E-state index in [0.29, 0.717) is 31.7 Å². The fourth-order valence-electron chi connectivity index (χ4n) is 3.62. The third-order valence-corrected chi connectivity index (χ3v) is 7.33. The van der Waals surface area contributed by atoms with Crippen LogP contribution in [0.4, 0.5) is 0 Å². The smallest absolute Gasteiger partial charge is 0.246 e. The maximum atomic E-state index is 13.2. The predicted molar refractivity (Wildman–Crippen MR) is 111 cm³/mol. The lowest BCUT2D eigenvalue weighted by atomic mass is 9.96. The van der Waals surface area contributed by atoms with E-state index in [0.717, 1.165) is 18.4 Å². The normalized spacial score (nSPS) is 17.5. The summed E-state index contributed by atoms with van der Waals surface area (Å²) in [6, 6.07) is 5.49.